The zero-order valence-corrected chi connectivity index (χ0v) is 16.6. The summed E-state index contributed by atoms with van der Waals surface area (Å²) >= 11 is 0. The van der Waals surface area contributed by atoms with Crippen molar-refractivity contribution < 1.29 is 14.1 Å². The molecule has 1 saturated heterocycles. The van der Waals surface area contributed by atoms with Crippen molar-refractivity contribution >= 4 is 5.91 Å². The molecule has 3 aromatic heterocycles. The minimum Gasteiger partial charge on any atom is -0.488 e. The molecule has 5 rings (SSSR count). The summed E-state index contributed by atoms with van der Waals surface area (Å²) in [6.07, 6.45) is 7.22. The Hall–Kier alpha value is -4.07. The highest BCUT2D eigenvalue weighted by molar-refractivity contribution is 5.94. The molecule has 0 spiro atoms. The number of carbonyl (C=O) groups excluding carboxylic acids is 1. The van der Waals surface area contributed by atoms with Crippen molar-refractivity contribution in [2.45, 2.75) is 12.5 Å². The maximum atomic E-state index is 12.7. The van der Waals surface area contributed by atoms with Gasteiger partial charge in [-0.3, -0.25) is 14.8 Å². The fraction of sp³-hybridized carbons (Fsp3) is 0.174. The minimum atomic E-state index is -0.121. The number of para-hydroxylation sites is 1. The molecular weight excluding hydrogens is 394 g/mol. The van der Waals surface area contributed by atoms with E-state index in [0.717, 1.165) is 12.0 Å². The largest absolute Gasteiger partial charge is 0.488 e. The smallest absolute Gasteiger partial charge is 0.262 e. The molecule has 1 fully saturated rings. The van der Waals surface area contributed by atoms with E-state index in [0.29, 0.717) is 41.7 Å². The number of amides is 1. The highest BCUT2D eigenvalue weighted by atomic mass is 16.5. The van der Waals surface area contributed by atoms with E-state index in [1.165, 1.54) is 0 Å². The molecule has 1 aromatic carbocycles. The summed E-state index contributed by atoms with van der Waals surface area (Å²) in [5.41, 5.74) is 2.12. The number of likely N-dealkylation sites (tertiary alicyclic amines) is 1. The van der Waals surface area contributed by atoms with Gasteiger partial charge in [0.05, 0.1) is 17.7 Å². The van der Waals surface area contributed by atoms with Crippen molar-refractivity contribution in [1.29, 1.82) is 0 Å². The van der Waals surface area contributed by atoms with Gasteiger partial charge in [-0.25, -0.2) is 0 Å². The van der Waals surface area contributed by atoms with E-state index in [-0.39, 0.29) is 12.0 Å². The number of benzene rings is 1. The van der Waals surface area contributed by atoms with Crippen LogP contribution in [0.15, 0.2) is 77.8 Å². The van der Waals surface area contributed by atoms with E-state index in [1.54, 1.807) is 41.8 Å². The molecule has 1 aliphatic heterocycles. The molecule has 0 bridgehead atoms. The lowest BCUT2D eigenvalue weighted by Gasteiger charge is -2.18. The second-order valence-electron chi connectivity index (χ2n) is 7.18. The Morgan fingerprint density at radius 3 is 2.74 bits per heavy atom. The maximum Gasteiger partial charge on any atom is 0.262 e. The third-order valence-corrected chi connectivity index (χ3v) is 5.12. The molecule has 1 unspecified atom stereocenters. The van der Waals surface area contributed by atoms with Crippen LogP contribution >= 0.6 is 0 Å². The molecule has 1 amide bonds. The average molecular weight is 413 g/mol. The number of carbonyl (C=O) groups is 1. The van der Waals surface area contributed by atoms with E-state index >= 15 is 0 Å². The number of hydrogen-bond acceptors (Lipinski definition) is 7. The molecule has 8 nitrogen and oxygen atoms in total. The molecule has 4 aromatic rings. The topological polar surface area (TPSA) is 94.2 Å². The maximum absolute atomic E-state index is 12.7. The van der Waals surface area contributed by atoms with E-state index in [9.17, 15) is 4.79 Å². The van der Waals surface area contributed by atoms with Gasteiger partial charge in [0.2, 0.25) is 5.82 Å². The van der Waals surface area contributed by atoms with Crippen LogP contribution in [0.25, 0.3) is 22.8 Å². The van der Waals surface area contributed by atoms with Gasteiger partial charge in [0.1, 0.15) is 11.9 Å². The van der Waals surface area contributed by atoms with Gasteiger partial charge >= 0.3 is 0 Å². The quantitative estimate of drug-likeness (QED) is 0.494. The van der Waals surface area contributed by atoms with Crippen molar-refractivity contribution in [2.24, 2.45) is 0 Å². The number of pyridine rings is 2. The van der Waals surface area contributed by atoms with Gasteiger partial charge in [-0.05, 0) is 36.4 Å². The summed E-state index contributed by atoms with van der Waals surface area (Å²) in [6, 6.07) is 14.7. The van der Waals surface area contributed by atoms with Crippen LogP contribution in [0, 0.1) is 0 Å². The third kappa shape index (κ3) is 4.00. The second kappa shape index (κ2) is 8.35. The van der Waals surface area contributed by atoms with Gasteiger partial charge in [-0.2, -0.15) is 4.98 Å². The SMILES string of the molecule is O=C(c1cccnc1)N1CCC(Oc2ccccc2-c2nc(-c3ccncc3)no2)C1. The van der Waals surface area contributed by atoms with E-state index in [1.807, 2.05) is 36.4 Å². The van der Waals surface area contributed by atoms with Crippen molar-refractivity contribution in [1.82, 2.24) is 25.0 Å². The van der Waals surface area contributed by atoms with Crippen LogP contribution < -0.4 is 4.74 Å². The lowest BCUT2D eigenvalue weighted by atomic mass is 10.2. The van der Waals surface area contributed by atoms with E-state index < -0.39 is 0 Å². The van der Waals surface area contributed by atoms with Gasteiger partial charge in [0.15, 0.2) is 0 Å². The van der Waals surface area contributed by atoms with E-state index in [2.05, 4.69) is 20.1 Å². The predicted molar refractivity (Wildman–Crippen MR) is 112 cm³/mol. The zero-order valence-electron chi connectivity index (χ0n) is 16.6. The Kier molecular flexibility index (Phi) is 5.10. The molecular formula is C23H19N5O3. The molecule has 0 radical (unpaired) electrons. The van der Waals surface area contributed by atoms with Crippen molar-refractivity contribution in [3.05, 3.63) is 78.9 Å². The van der Waals surface area contributed by atoms with Crippen LogP contribution in [0.1, 0.15) is 16.8 Å². The fourth-order valence-corrected chi connectivity index (χ4v) is 3.56. The molecule has 0 saturated carbocycles. The Balaban J connectivity index is 1.32. The molecule has 1 atom stereocenters. The summed E-state index contributed by atoms with van der Waals surface area (Å²) in [4.78, 5) is 27.0. The van der Waals surface area contributed by atoms with Crippen LogP contribution in [-0.4, -0.2) is 50.1 Å². The van der Waals surface area contributed by atoms with Crippen LogP contribution in [0.4, 0.5) is 0 Å². The molecule has 0 aliphatic carbocycles. The fourth-order valence-electron chi connectivity index (χ4n) is 3.56. The molecule has 31 heavy (non-hydrogen) atoms. The van der Waals surface area contributed by atoms with Crippen LogP contribution in [0.5, 0.6) is 5.75 Å². The zero-order chi connectivity index (χ0) is 21.0. The number of hydrogen-bond donors (Lipinski definition) is 0. The molecule has 154 valence electrons. The number of ether oxygens (including phenoxy) is 1. The van der Waals surface area contributed by atoms with Crippen molar-refractivity contribution in [3.8, 4) is 28.6 Å². The van der Waals surface area contributed by atoms with Crippen LogP contribution in [-0.2, 0) is 0 Å². The lowest BCUT2D eigenvalue weighted by Crippen LogP contribution is -2.31. The lowest BCUT2D eigenvalue weighted by molar-refractivity contribution is 0.0772. The van der Waals surface area contributed by atoms with Gasteiger partial charge < -0.3 is 14.2 Å². The highest BCUT2D eigenvalue weighted by Crippen LogP contribution is 2.32. The average Bonchev–Trinajstić information content (AvgIpc) is 3.50. The minimum absolute atomic E-state index is 0.0358. The number of rotatable bonds is 5. The van der Waals surface area contributed by atoms with E-state index in [4.69, 9.17) is 9.26 Å². The summed E-state index contributed by atoms with van der Waals surface area (Å²) in [5, 5.41) is 4.08. The van der Waals surface area contributed by atoms with Gasteiger partial charge in [-0.15, -0.1) is 0 Å². The summed E-state index contributed by atoms with van der Waals surface area (Å²) in [7, 11) is 0. The van der Waals surface area contributed by atoms with Crippen molar-refractivity contribution in [3.63, 3.8) is 0 Å². The van der Waals surface area contributed by atoms with Crippen LogP contribution in [0.2, 0.25) is 0 Å². The first-order chi connectivity index (χ1) is 15.3. The Labute approximate surface area is 178 Å². The van der Waals surface area contributed by atoms with Gasteiger partial charge in [0, 0.05) is 43.3 Å². The summed E-state index contributed by atoms with van der Waals surface area (Å²) in [5.74, 6) is 1.48. The first-order valence-electron chi connectivity index (χ1n) is 9.97. The monoisotopic (exact) mass is 413 g/mol. The highest BCUT2D eigenvalue weighted by Gasteiger charge is 2.29. The van der Waals surface area contributed by atoms with Crippen LogP contribution in [0.3, 0.4) is 0 Å². The predicted octanol–water partition coefficient (Wildman–Crippen LogP) is 3.49. The summed E-state index contributed by atoms with van der Waals surface area (Å²) in [6.45, 7) is 1.14. The first-order valence-corrected chi connectivity index (χ1v) is 9.97. The second-order valence-corrected chi connectivity index (χ2v) is 7.18. The number of aromatic nitrogens is 4. The summed E-state index contributed by atoms with van der Waals surface area (Å²) < 4.78 is 11.7. The molecule has 0 N–H and O–H groups in total. The third-order valence-electron chi connectivity index (χ3n) is 5.12. The molecule has 4 heterocycles. The van der Waals surface area contributed by atoms with Crippen molar-refractivity contribution in [2.75, 3.05) is 13.1 Å². The standard InChI is InChI=1S/C23H19N5O3/c29-23(17-4-3-10-25-14-17)28-13-9-18(15-28)30-20-6-2-1-5-19(20)22-26-21(27-31-22)16-7-11-24-12-8-16/h1-8,10-12,14,18H,9,13,15H2. The Morgan fingerprint density at radius 1 is 1.03 bits per heavy atom. The first kappa shape index (κ1) is 18.9. The normalized spacial score (nSPS) is 15.7. The number of nitrogens with zero attached hydrogens (tertiary/aromatic N) is 5. The molecule has 8 heteroatoms. The Bertz CT molecular complexity index is 1180. The van der Waals surface area contributed by atoms with Gasteiger partial charge in [0.25, 0.3) is 11.8 Å². The van der Waals surface area contributed by atoms with Gasteiger partial charge in [-0.1, -0.05) is 17.3 Å². The molecule has 1 aliphatic rings. The Morgan fingerprint density at radius 2 is 1.90 bits per heavy atom.